The molecule has 1 unspecified atom stereocenters. The molecule has 4 heteroatoms. The third-order valence-corrected chi connectivity index (χ3v) is 1.19. The minimum atomic E-state index is -0.467. The van der Waals surface area contributed by atoms with E-state index in [1.165, 1.54) is 0 Å². The molecular formula is C8H17NO3. The standard InChI is InChI=1S/C8H17NO3/c1-6(2)5-12-8(11)9-7(3)4-10/h6-7,10H,4-5H2,1-3H3,(H,9,11). The number of hydrogen-bond donors (Lipinski definition) is 2. The van der Waals surface area contributed by atoms with Crippen molar-refractivity contribution >= 4 is 6.09 Å². The van der Waals surface area contributed by atoms with Gasteiger partial charge < -0.3 is 15.2 Å². The molecule has 0 bridgehead atoms. The van der Waals surface area contributed by atoms with Crippen LogP contribution in [0.1, 0.15) is 20.8 Å². The Hall–Kier alpha value is -0.770. The van der Waals surface area contributed by atoms with E-state index in [2.05, 4.69) is 5.32 Å². The van der Waals surface area contributed by atoms with E-state index in [4.69, 9.17) is 9.84 Å². The van der Waals surface area contributed by atoms with Gasteiger partial charge >= 0.3 is 6.09 Å². The fourth-order valence-corrected chi connectivity index (χ4v) is 0.531. The third kappa shape index (κ3) is 5.97. The Kier molecular flexibility index (Phi) is 5.45. The van der Waals surface area contributed by atoms with Crippen LogP contribution < -0.4 is 5.32 Å². The first-order valence-corrected chi connectivity index (χ1v) is 4.10. The Morgan fingerprint density at radius 2 is 2.08 bits per heavy atom. The monoisotopic (exact) mass is 175 g/mol. The molecule has 0 aromatic carbocycles. The molecule has 0 aromatic heterocycles. The number of nitrogens with one attached hydrogen (secondary N) is 1. The molecule has 0 heterocycles. The van der Waals surface area contributed by atoms with E-state index in [0.29, 0.717) is 12.5 Å². The number of rotatable bonds is 4. The molecule has 1 atom stereocenters. The average molecular weight is 175 g/mol. The number of hydrogen-bond acceptors (Lipinski definition) is 3. The second kappa shape index (κ2) is 5.83. The van der Waals surface area contributed by atoms with Gasteiger partial charge in [0.1, 0.15) is 0 Å². The molecule has 0 aliphatic carbocycles. The summed E-state index contributed by atoms with van der Waals surface area (Å²) in [7, 11) is 0. The number of ether oxygens (including phenoxy) is 1. The lowest BCUT2D eigenvalue weighted by atomic mass is 10.2. The highest BCUT2D eigenvalue weighted by Crippen LogP contribution is 1.92. The summed E-state index contributed by atoms with van der Waals surface area (Å²) in [6.45, 7) is 5.96. The van der Waals surface area contributed by atoms with Gasteiger partial charge in [-0.25, -0.2) is 4.79 Å². The van der Waals surface area contributed by atoms with E-state index in [1.807, 2.05) is 13.8 Å². The molecule has 72 valence electrons. The predicted octanol–water partition coefficient (Wildman–Crippen LogP) is 0.749. The van der Waals surface area contributed by atoms with Crippen LogP contribution in [0.4, 0.5) is 4.79 Å². The maximum absolute atomic E-state index is 10.9. The minimum Gasteiger partial charge on any atom is -0.449 e. The Morgan fingerprint density at radius 1 is 1.50 bits per heavy atom. The van der Waals surface area contributed by atoms with E-state index in [0.717, 1.165) is 0 Å². The van der Waals surface area contributed by atoms with Gasteiger partial charge in [-0.05, 0) is 12.8 Å². The van der Waals surface area contributed by atoms with Crippen molar-refractivity contribution in [2.24, 2.45) is 5.92 Å². The quantitative estimate of drug-likeness (QED) is 0.662. The van der Waals surface area contributed by atoms with Crippen molar-refractivity contribution in [1.82, 2.24) is 5.32 Å². The van der Waals surface area contributed by atoms with Gasteiger partial charge in [0.05, 0.1) is 19.3 Å². The van der Waals surface area contributed by atoms with Crippen molar-refractivity contribution in [1.29, 1.82) is 0 Å². The van der Waals surface area contributed by atoms with Crippen LogP contribution in [0.5, 0.6) is 0 Å². The summed E-state index contributed by atoms with van der Waals surface area (Å²) in [5, 5.41) is 11.1. The zero-order chi connectivity index (χ0) is 9.56. The molecule has 0 aliphatic rings. The fraction of sp³-hybridized carbons (Fsp3) is 0.875. The Labute approximate surface area is 72.9 Å². The Morgan fingerprint density at radius 3 is 2.50 bits per heavy atom. The van der Waals surface area contributed by atoms with Crippen LogP contribution in [0.2, 0.25) is 0 Å². The number of aliphatic hydroxyl groups excluding tert-OH is 1. The van der Waals surface area contributed by atoms with Gasteiger partial charge in [-0.3, -0.25) is 0 Å². The first kappa shape index (κ1) is 11.2. The van der Waals surface area contributed by atoms with E-state index in [9.17, 15) is 4.79 Å². The summed E-state index contributed by atoms with van der Waals surface area (Å²) in [5.74, 6) is 0.334. The highest BCUT2D eigenvalue weighted by atomic mass is 16.5. The second-order valence-electron chi connectivity index (χ2n) is 3.22. The van der Waals surface area contributed by atoms with Crippen LogP contribution in [-0.2, 0) is 4.74 Å². The van der Waals surface area contributed by atoms with E-state index >= 15 is 0 Å². The summed E-state index contributed by atoms with van der Waals surface area (Å²) >= 11 is 0. The van der Waals surface area contributed by atoms with Gasteiger partial charge in [0.2, 0.25) is 0 Å². The maximum Gasteiger partial charge on any atom is 0.407 e. The van der Waals surface area contributed by atoms with E-state index in [-0.39, 0.29) is 12.6 Å². The molecule has 0 spiro atoms. The molecule has 0 saturated carbocycles. The van der Waals surface area contributed by atoms with Gasteiger partial charge in [0.15, 0.2) is 0 Å². The summed E-state index contributed by atoms with van der Waals surface area (Å²) in [5.41, 5.74) is 0. The number of amides is 1. The van der Waals surface area contributed by atoms with E-state index in [1.54, 1.807) is 6.92 Å². The smallest absolute Gasteiger partial charge is 0.407 e. The number of alkyl carbamates (subject to hydrolysis) is 1. The molecule has 0 fully saturated rings. The van der Waals surface area contributed by atoms with Crippen LogP contribution in [0.15, 0.2) is 0 Å². The summed E-state index contributed by atoms with van der Waals surface area (Å²) in [6, 6.07) is -0.246. The van der Waals surface area contributed by atoms with Crippen LogP contribution in [-0.4, -0.2) is 30.5 Å². The number of aliphatic hydroxyl groups is 1. The minimum absolute atomic E-state index is 0.0726. The molecule has 1 amide bonds. The SMILES string of the molecule is CC(C)COC(=O)NC(C)CO. The number of carbonyl (C=O) groups excluding carboxylic acids is 1. The number of carbonyl (C=O) groups is 1. The molecule has 4 nitrogen and oxygen atoms in total. The van der Waals surface area contributed by atoms with Crippen molar-refractivity contribution in [2.75, 3.05) is 13.2 Å². The average Bonchev–Trinajstić information content (AvgIpc) is 2.00. The van der Waals surface area contributed by atoms with Gasteiger partial charge in [-0.1, -0.05) is 13.8 Å². The van der Waals surface area contributed by atoms with Crippen LogP contribution >= 0.6 is 0 Å². The molecule has 0 radical (unpaired) electrons. The molecule has 2 N–H and O–H groups in total. The Balaban J connectivity index is 3.46. The van der Waals surface area contributed by atoms with Crippen molar-refractivity contribution in [3.05, 3.63) is 0 Å². The second-order valence-corrected chi connectivity index (χ2v) is 3.22. The maximum atomic E-state index is 10.9. The first-order valence-electron chi connectivity index (χ1n) is 4.10. The lowest BCUT2D eigenvalue weighted by molar-refractivity contribution is 0.125. The largest absolute Gasteiger partial charge is 0.449 e. The molecule has 0 aliphatic heterocycles. The van der Waals surface area contributed by atoms with Crippen molar-refractivity contribution in [2.45, 2.75) is 26.8 Å². The molecule has 0 rings (SSSR count). The lowest BCUT2D eigenvalue weighted by Crippen LogP contribution is -2.35. The summed E-state index contributed by atoms with van der Waals surface area (Å²) in [6.07, 6.45) is -0.467. The Bertz CT molecular complexity index is 136. The van der Waals surface area contributed by atoms with Crippen LogP contribution in [0.3, 0.4) is 0 Å². The predicted molar refractivity (Wildman–Crippen MR) is 45.9 cm³/mol. The summed E-state index contributed by atoms with van der Waals surface area (Å²) in [4.78, 5) is 10.9. The topological polar surface area (TPSA) is 58.6 Å². The van der Waals surface area contributed by atoms with Gasteiger partial charge in [0.25, 0.3) is 0 Å². The van der Waals surface area contributed by atoms with Gasteiger partial charge in [-0.2, -0.15) is 0 Å². The van der Waals surface area contributed by atoms with Crippen molar-refractivity contribution < 1.29 is 14.6 Å². The third-order valence-electron chi connectivity index (χ3n) is 1.19. The van der Waals surface area contributed by atoms with Crippen molar-refractivity contribution in [3.8, 4) is 0 Å². The van der Waals surface area contributed by atoms with Crippen LogP contribution in [0.25, 0.3) is 0 Å². The normalized spacial score (nSPS) is 12.8. The molecule has 0 saturated heterocycles. The van der Waals surface area contributed by atoms with Crippen LogP contribution in [0, 0.1) is 5.92 Å². The first-order chi connectivity index (χ1) is 5.56. The van der Waals surface area contributed by atoms with Crippen molar-refractivity contribution in [3.63, 3.8) is 0 Å². The summed E-state index contributed by atoms with van der Waals surface area (Å²) < 4.78 is 4.81. The lowest BCUT2D eigenvalue weighted by Gasteiger charge is -2.12. The zero-order valence-corrected chi connectivity index (χ0v) is 7.83. The molecule has 0 aromatic rings. The highest BCUT2D eigenvalue weighted by molar-refractivity contribution is 5.67. The zero-order valence-electron chi connectivity index (χ0n) is 7.83. The molecular weight excluding hydrogens is 158 g/mol. The fourth-order valence-electron chi connectivity index (χ4n) is 0.531. The van der Waals surface area contributed by atoms with E-state index < -0.39 is 6.09 Å². The van der Waals surface area contributed by atoms with Gasteiger partial charge in [0, 0.05) is 0 Å². The highest BCUT2D eigenvalue weighted by Gasteiger charge is 2.06. The molecule has 12 heavy (non-hydrogen) atoms. The van der Waals surface area contributed by atoms with Gasteiger partial charge in [-0.15, -0.1) is 0 Å².